The first-order valence-electron chi connectivity index (χ1n) is 7.49. The minimum absolute atomic E-state index is 0.0236. The molecule has 1 saturated heterocycles. The molecule has 1 amide bonds. The Labute approximate surface area is 128 Å². The molecule has 1 N–H and O–H groups in total. The molecule has 1 saturated carbocycles. The quantitative estimate of drug-likeness (QED) is 0.928. The van der Waals surface area contributed by atoms with Crippen LogP contribution in [0.25, 0.3) is 0 Å². The Morgan fingerprint density at radius 1 is 1.27 bits per heavy atom. The van der Waals surface area contributed by atoms with Gasteiger partial charge in [0.15, 0.2) is 6.04 Å². The van der Waals surface area contributed by atoms with E-state index in [0.717, 1.165) is 18.4 Å². The lowest BCUT2D eigenvalue weighted by atomic mass is 10.1. The maximum absolute atomic E-state index is 12.5. The highest BCUT2D eigenvalue weighted by atomic mass is 16.6. The Morgan fingerprint density at radius 3 is 2.59 bits per heavy atom. The number of hydrogen-bond acceptors (Lipinski definition) is 4. The first-order chi connectivity index (χ1) is 10.6. The minimum atomic E-state index is -1.06. The van der Waals surface area contributed by atoms with Gasteiger partial charge in [0.2, 0.25) is 0 Å². The number of amides is 1. The smallest absolute Gasteiger partial charge is 0.413 e. The lowest BCUT2D eigenvalue weighted by molar-refractivity contribution is -0.143. The average molecular weight is 305 g/mol. The van der Waals surface area contributed by atoms with Crippen LogP contribution in [0, 0.1) is 0 Å². The second-order valence-corrected chi connectivity index (χ2v) is 5.73. The zero-order chi connectivity index (χ0) is 15.6. The summed E-state index contributed by atoms with van der Waals surface area (Å²) in [7, 11) is 0. The van der Waals surface area contributed by atoms with Crippen LogP contribution in [0.1, 0.15) is 31.2 Å². The number of carbonyl (C=O) groups is 2. The van der Waals surface area contributed by atoms with Crippen molar-refractivity contribution in [3.05, 3.63) is 35.9 Å². The topological polar surface area (TPSA) is 76.1 Å². The van der Waals surface area contributed by atoms with Gasteiger partial charge in [0.05, 0.1) is 6.61 Å². The van der Waals surface area contributed by atoms with Crippen molar-refractivity contribution in [1.82, 2.24) is 4.90 Å². The molecule has 0 aromatic heterocycles. The van der Waals surface area contributed by atoms with Crippen LogP contribution in [0.15, 0.2) is 30.3 Å². The molecule has 1 aromatic rings. The molecule has 1 atom stereocenters. The Balaban J connectivity index is 1.73. The molecule has 3 rings (SSSR count). The molecular formula is C16H19NO5. The largest absolute Gasteiger partial charge is 0.480 e. The van der Waals surface area contributed by atoms with Crippen molar-refractivity contribution < 1.29 is 24.2 Å². The van der Waals surface area contributed by atoms with E-state index in [4.69, 9.17) is 9.47 Å². The van der Waals surface area contributed by atoms with Crippen molar-refractivity contribution in [3.63, 3.8) is 0 Å². The Bertz CT molecular complexity index is 553. The van der Waals surface area contributed by atoms with Crippen molar-refractivity contribution in [2.45, 2.75) is 44.1 Å². The lowest BCUT2D eigenvalue weighted by Crippen LogP contribution is -2.52. The molecule has 118 valence electrons. The molecule has 1 unspecified atom stereocenters. The fraction of sp³-hybridized carbons (Fsp3) is 0.500. The number of benzene rings is 1. The minimum Gasteiger partial charge on any atom is -0.480 e. The van der Waals surface area contributed by atoms with Gasteiger partial charge in [-0.2, -0.15) is 0 Å². The molecule has 0 bridgehead atoms. The summed E-state index contributed by atoms with van der Waals surface area (Å²) in [6.07, 6.45) is 2.56. The van der Waals surface area contributed by atoms with Gasteiger partial charge in [-0.25, -0.2) is 9.59 Å². The molecule has 1 aromatic carbocycles. The van der Waals surface area contributed by atoms with Crippen LogP contribution in [-0.2, 0) is 20.9 Å². The third kappa shape index (κ3) is 2.66. The van der Waals surface area contributed by atoms with E-state index in [-0.39, 0.29) is 13.2 Å². The van der Waals surface area contributed by atoms with E-state index in [0.29, 0.717) is 12.8 Å². The normalized spacial score (nSPS) is 22.9. The van der Waals surface area contributed by atoms with E-state index in [1.807, 2.05) is 30.3 Å². The second-order valence-electron chi connectivity index (χ2n) is 5.73. The third-order valence-corrected chi connectivity index (χ3v) is 4.33. The van der Waals surface area contributed by atoms with Crippen LogP contribution in [0.3, 0.4) is 0 Å². The SMILES string of the molecule is O=C(O)C1COC2(CCCC2)N1C(=O)OCc1ccccc1. The molecular weight excluding hydrogens is 286 g/mol. The summed E-state index contributed by atoms with van der Waals surface area (Å²) in [5, 5.41) is 9.33. The summed E-state index contributed by atoms with van der Waals surface area (Å²) in [4.78, 5) is 25.2. The maximum atomic E-state index is 12.5. The highest BCUT2D eigenvalue weighted by Gasteiger charge is 2.54. The summed E-state index contributed by atoms with van der Waals surface area (Å²) < 4.78 is 11.0. The van der Waals surface area contributed by atoms with Crippen molar-refractivity contribution in [3.8, 4) is 0 Å². The van der Waals surface area contributed by atoms with Gasteiger partial charge in [-0.3, -0.25) is 4.90 Å². The summed E-state index contributed by atoms with van der Waals surface area (Å²) in [6.45, 7) is 0.147. The van der Waals surface area contributed by atoms with Gasteiger partial charge < -0.3 is 14.6 Å². The Kier molecular flexibility index (Phi) is 4.02. The van der Waals surface area contributed by atoms with E-state index < -0.39 is 23.8 Å². The molecule has 1 aliphatic carbocycles. The molecule has 1 spiro atoms. The Hall–Kier alpha value is -2.08. The first kappa shape index (κ1) is 14.8. The molecule has 22 heavy (non-hydrogen) atoms. The zero-order valence-corrected chi connectivity index (χ0v) is 12.2. The van der Waals surface area contributed by atoms with Gasteiger partial charge in [0.1, 0.15) is 12.3 Å². The van der Waals surface area contributed by atoms with Crippen molar-refractivity contribution in [1.29, 1.82) is 0 Å². The fourth-order valence-corrected chi connectivity index (χ4v) is 3.24. The highest BCUT2D eigenvalue weighted by Crippen LogP contribution is 2.42. The molecule has 1 aliphatic heterocycles. The molecule has 0 radical (unpaired) electrons. The zero-order valence-electron chi connectivity index (χ0n) is 12.2. The summed E-state index contributed by atoms with van der Waals surface area (Å²) in [6, 6.07) is 8.34. The standard InChI is InChI=1S/C16H19NO5/c18-14(19)13-11-22-16(8-4-5-9-16)17(13)15(20)21-10-12-6-2-1-3-7-12/h1-3,6-7,13H,4-5,8-11H2,(H,18,19). The van der Waals surface area contributed by atoms with Gasteiger partial charge >= 0.3 is 12.1 Å². The number of hydrogen-bond donors (Lipinski definition) is 1. The number of nitrogens with zero attached hydrogens (tertiary/aromatic N) is 1. The van der Waals surface area contributed by atoms with E-state index in [1.54, 1.807) is 0 Å². The van der Waals surface area contributed by atoms with Crippen LogP contribution < -0.4 is 0 Å². The van der Waals surface area contributed by atoms with Gasteiger partial charge in [0.25, 0.3) is 0 Å². The van der Waals surface area contributed by atoms with Gasteiger partial charge in [-0.1, -0.05) is 30.3 Å². The molecule has 2 fully saturated rings. The highest BCUT2D eigenvalue weighted by molar-refractivity contribution is 5.81. The van der Waals surface area contributed by atoms with E-state index in [1.165, 1.54) is 4.90 Å². The third-order valence-electron chi connectivity index (χ3n) is 4.33. The average Bonchev–Trinajstić information content (AvgIpc) is 3.14. The predicted octanol–water partition coefficient (Wildman–Crippen LogP) is 2.38. The number of carboxylic acids is 1. The van der Waals surface area contributed by atoms with Crippen LogP contribution in [0.5, 0.6) is 0 Å². The Morgan fingerprint density at radius 2 is 1.95 bits per heavy atom. The van der Waals surface area contributed by atoms with E-state index in [9.17, 15) is 14.7 Å². The number of carboxylic acid groups (broad SMARTS) is 1. The van der Waals surface area contributed by atoms with Crippen LogP contribution >= 0.6 is 0 Å². The predicted molar refractivity (Wildman–Crippen MR) is 77.0 cm³/mol. The molecule has 6 nitrogen and oxygen atoms in total. The van der Waals surface area contributed by atoms with Crippen molar-refractivity contribution >= 4 is 12.1 Å². The molecule has 1 heterocycles. The first-order valence-corrected chi connectivity index (χ1v) is 7.49. The van der Waals surface area contributed by atoms with Crippen molar-refractivity contribution in [2.24, 2.45) is 0 Å². The van der Waals surface area contributed by atoms with E-state index in [2.05, 4.69) is 0 Å². The molecule has 6 heteroatoms. The number of carbonyl (C=O) groups excluding carboxylic acids is 1. The summed E-state index contributed by atoms with van der Waals surface area (Å²) in [5.74, 6) is -1.06. The second kappa shape index (κ2) is 5.96. The molecule has 2 aliphatic rings. The maximum Gasteiger partial charge on any atom is 0.413 e. The van der Waals surface area contributed by atoms with Gasteiger partial charge in [-0.05, 0) is 31.2 Å². The lowest BCUT2D eigenvalue weighted by Gasteiger charge is -2.34. The fourth-order valence-electron chi connectivity index (χ4n) is 3.24. The monoisotopic (exact) mass is 305 g/mol. The van der Waals surface area contributed by atoms with Crippen LogP contribution in [0.2, 0.25) is 0 Å². The number of aliphatic carboxylic acids is 1. The number of ether oxygens (including phenoxy) is 2. The summed E-state index contributed by atoms with van der Waals surface area (Å²) >= 11 is 0. The van der Waals surface area contributed by atoms with Crippen LogP contribution in [0.4, 0.5) is 4.79 Å². The summed E-state index contributed by atoms with van der Waals surface area (Å²) in [5.41, 5.74) is 0.0694. The van der Waals surface area contributed by atoms with E-state index >= 15 is 0 Å². The van der Waals surface area contributed by atoms with Gasteiger partial charge in [-0.15, -0.1) is 0 Å². The van der Waals surface area contributed by atoms with Crippen molar-refractivity contribution in [2.75, 3.05) is 6.61 Å². The van der Waals surface area contributed by atoms with Crippen LogP contribution in [-0.4, -0.2) is 40.4 Å². The number of rotatable bonds is 3. The van der Waals surface area contributed by atoms with Gasteiger partial charge in [0, 0.05) is 0 Å².